The van der Waals surface area contributed by atoms with Crippen LogP contribution < -0.4 is 4.74 Å². The number of para-hydroxylation sites is 1. The number of hydrogen-bond acceptors (Lipinski definition) is 4. The number of rotatable bonds is 5. The quantitative estimate of drug-likeness (QED) is 0.862. The van der Waals surface area contributed by atoms with Crippen LogP contribution in [-0.2, 0) is 0 Å². The maximum Gasteiger partial charge on any atom is 0.196 e. The van der Waals surface area contributed by atoms with E-state index in [1.807, 2.05) is 0 Å². The molecule has 0 fully saturated rings. The zero-order chi connectivity index (χ0) is 16.3. The predicted octanol–water partition coefficient (Wildman–Crippen LogP) is 2.88. The lowest BCUT2D eigenvalue weighted by atomic mass is 9.94. The Bertz CT molecular complexity index is 694. The molecule has 22 heavy (non-hydrogen) atoms. The third-order valence-corrected chi connectivity index (χ3v) is 3.32. The van der Waals surface area contributed by atoms with Gasteiger partial charge in [0.2, 0.25) is 0 Å². The summed E-state index contributed by atoms with van der Waals surface area (Å²) in [7, 11) is 1.51. The maximum absolute atomic E-state index is 12.5. The molecule has 0 atom stereocenters. The van der Waals surface area contributed by atoms with E-state index in [4.69, 9.17) is 4.74 Å². The van der Waals surface area contributed by atoms with Crippen LogP contribution in [0.15, 0.2) is 48.5 Å². The molecule has 2 rings (SSSR count). The molecule has 4 nitrogen and oxygen atoms in total. The van der Waals surface area contributed by atoms with Crippen LogP contribution in [0.3, 0.4) is 0 Å². The molecule has 0 heterocycles. The highest BCUT2D eigenvalue weighted by atomic mass is 16.5. The van der Waals surface area contributed by atoms with E-state index in [-0.39, 0.29) is 11.6 Å². The molecule has 0 unspecified atom stereocenters. The maximum atomic E-state index is 12.5. The van der Waals surface area contributed by atoms with Gasteiger partial charge < -0.3 is 9.84 Å². The van der Waals surface area contributed by atoms with E-state index in [1.54, 1.807) is 48.5 Å². The molecule has 0 aliphatic carbocycles. The number of ether oxygens (including phenoxy) is 1. The zero-order valence-electron chi connectivity index (χ0n) is 12.8. The molecular formula is C18H18O4. The van der Waals surface area contributed by atoms with Gasteiger partial charge in [-0.25, -0.2) is 0 Å². The predicted molar refractivity (Wildman–Crippen MR) is 83.5 cm³/mol. The largest absolute Gasteiger partial charge is 0.496 e. The molecule has 0 aromatic heterocycles. The summed E-state index contributed by atoms with van der Waals surface area (Å²) in [5.41, 5.74) is -0.152. The standard InChI is InChI=1S/C18H18O4/c1-18(2,21)17(20)13-10-8-12(9-11-13)16(19)14-6-4-5-7-15(14)22-3/h4-11,21H,1-3H3. The topological polar surface area (TPSA) is 63.6 Å². The molecule has 4 heteroatoms. The number of carbonyl (C=O) groups is 2. The van der Waals surface area contributed by atoms with Gasteiger partial charge in [0, 0.05) is 11.1 Å². The Morgan fingerprint density at radius 3 is 2.05 bits per heavy atom. The first-order valence-electron chi connectivity index (χ1n) is 6.89. The highest BCUT2D eigenvalue weighted by Crippen LogP contribution is 2.22. The molecule has 0 aliphatic rings. The van der Waals surface area contributed by atoms with E-state index >= 15 is 0 Å². The first-order chi connectivity index (χ1) is 10.3. The van der Waals surface area contributed by atoms with Crippen LogP contribution in [0.4, 0.5) is 0 Å². The lowest BCUT2D eigenvalue weighted by molar-refractivity contribution is 0.0488. The second kappa shape index (κ2) is 6.12. The molecule has 0 aliphatic heterocycles. The fraction of sp³-hybridized carbons (Fsp3) is 0.222. The van der Waals surface area contributed by atoms with E-state index in [9.17, 15) is 14.7 Å². The smallest absolute Gasteiger partial charge is 0.196 e. The van der Waals surface area contributed by atoms with Crippen molar-refractivity contribution >= 4 is 11.6 Å². The van der Waals surface area contributed by atoms with Crippen LogP contribution in [0.25, 0.3) is 0 Å². The Balaban J connectivity index is 2.31. The summed E-state index contributed by atoms with van der Waals surface area (Å²) in [5.74, 6) is -0.0624. The van der Waals surface area contributed by atoms with Gasteiger partial charge in [-0.2, -0.15) is 0 Å². The SMILES string of the molecule is COc1ccccc1C(=O)c1ccc(C(=O)C(C)(C)O)cc1. The number of benzene rings is 2. The van der Waals surface area contributed by atoms with Crippen molar-refractivity contribution in [2.24, 2.45) is 0 Å². The number of hydrogen-bond donors (Lipinski definition) is 1. The molecule has 0 saturated heterocycles. The van der Waals surface area contributed by atoms with E-state index in [2.05, 4.69) is 0 Å². The minimum absolute atomic E-state index is 0.181. The second-order valence-corrected chi connectivity index (χ2v) is 5.49. The number of aliphatic hydroxyl groups is 1. The molecule has 114 valence electrons. The van der Waals surface area contributed by atoms with Crippen molar-refractivity contribution in [1.29, 1.82) is 0 Å². The van der Waals surface area contributed by atoms with Crippen molar-refractivity contribution in [2.75, 3.05) is 7.11 Å². The zero-order valence-corrected chi connectivity index (χ0v) is 12.8. The van der Waals surface area contributed by atoms with Crippen LogP contribution in [0.5, 0.6) is 5.75 Å². The van der Waals surface area contributed by atoms with Crippen LogP contribution >= 0.6 is 0 Å². The van der Waals surface area contributed by atoms with Gasteiger partial charge >= 0.3 is 0 Å². The van der Waals surface area contributed by atoms with Crippen LogP contribution in [-0.4, -0.2) is 29.4 Å². The van der Waals surface area contributed by atoms with Crippen molar-refractivity contribution in [3.8, 4) is 5.75 Å². The molecule has 0 radical (unpaired) electrons. The van der Waals surface area contributed by atoms with E-state index in [0.29, 0.717) is 22.4 Å². The van der Waals surface area contributed by atoms with Gasteiger partial charge in [-0.15, -0.1) is 0 Å². The Kier molecular flexibility index (Phi) is 4.43. The van der Waals surface area contributed by atoms with Crippen molar-refractivity contribution < 1.29 is 19.4 Å². The minimum Gasteiger partial charge on any atom is -0.496 e. The Hall–Kier alpha value is -2.46. The lowest BCUT2D eigenvalue weighted by Crippen LogP contribution is -2.31. The summed E-state index contributed by atoms with van der Waals surface area (Å²) in [6.45, 7) is 2.87. The van der Waals surface area contributed by atoms with E-state index in [0.717, 1.165) is 0 Å². The van der Waals surface area contributed by atoms with Crippen LogP contribution in [0, 0.1) is 0 Å². The molecule has 1 N–H and O–H groups in total. The fourth-order valence-electron chi connectivity index (χ4n) is 2.11. The molecule has 2 aromatic carbocycles. The first-order valence-corrected chi connectivity index (χ1v) is 6.89. The van der Waals surface area contributed by atoms with Gasteiger partial charge in [0.1, 0.15) is 11.4 Å². The van der Waals surface area contributed by atoms with Gasteiger partial charge in [-0.1, -0.05) is 36.4 Å². The average molecular weight is 298 g/mol. The number of methoxy groups -OCH3 is 1. The van der Waals surface area contributed by atoms with Crippen molar-refractivity contribution in [2.45, 2.75) is 19.4 Å². The summed E-state index contributed by atoms with van der Waals surface area (Å²) in [5, 5.41) is 9.73. The van der Waals surface area contributed by atoms with Crippen LogP contribution in [0.1, 0.15) is 40.1 Å². The summed E-state index contributed by atoms with van der Waals surface area (Å²) in [6, 6.07) is 13.2. The number of ketones is 2. The lowest BCUT2D eigenvalue weighted by Gasteiger charge is -2.15. The van der Waals surface area contributed by atoms with Crippen molar-refractivity contribution in [3.63, 3.8) is 0 Å². The first kappa shape index (κ1) is 15.9. The van der Waals surface area contributed by atoms with Crippen molar-refractivity contribution in [1.82, 2.24) is 0 Å². The molecule has 0 saturated carbocycles. The molecular weight excluding hydrogens is 280 g/mol. The molecule has 0 spiro atoms. The highest BCUT2D eigenvalue weighted by molar-refractivity contribution is 6.11. The average Bonchev–Trinajstić information content (AvgIpc) is 2.52. The Morgan fingerprint density at radius 2 is 1.50 bits per heavy atom. The van der Waals surface area contributed by atoms with Gasteiger partial charge in [0.15, 0.2) is 11.6 Å². The summed E-state index contributed by atoms with van der Waals surface area (Å²) in [6.07, 6.45) is 0. The Labute approximate surface area is 129 Å². The third-order valence-electron chi connectivity index (χ3n) is 3.32. The van der Waals surface area contributed by atoms with Gasteiger partial charge in [-0.05, 0) is 26.0 Å². The van der Waals surface area contributed by atoms with E-state index in [1.165, 1.54) is 21.0 Å². The minimum atomic E-state index is -1.44. The monoisotopic (exact) mass is 298 g/mol. The Morgan fingerprint density at radius 1 is 0.955 bits per heavy atom. The van der Waals surface area contributed by atoms with Gasteiger partial charge in [0.05, 0.1) is 12.7 Å². The van der Waals surface area contributed by atoms with Crippen LogP contribution in [0.2, 0.25) is 0 Å². The normalized spacial score (nSPS) is 11.1. The van der Waals surface area contributed by atoms with E-state index < -0.39 is 5.60 Å². The summed E-state index contributed by atoms with van der Waals surface area (Å²) < 4.78 is 5.19. The van der Waals surface area contributed by atoms with Gasteiger partial charge in [0.25, 0.3) is 0 Å². The fourth-order valence-corrected chi connectivity index (χ4v) is 2.11. The molecule has 0 amide bonds. The number of Topliss-reactive ketones (excluding diaryl/α,β-unsaturated/α-hetero) is 1. The highest BCUT2D eigenvalue weighted by Gasteiger charge is 2.25. The summed E-state index contributed by atoms with van der Waals surface area (Å²) >= 11 is 0. The third kappa shape index (κ3) is 3.23. The second-order valence-electron chi connectivity index (χ2n) is 5.49. The van der Waals surface area contributed by atoms with Crippen molar-refractivity contribution in [3.05, 3.63) is 65.2 Å². The molecule has 0 bridgehead atoms. The molecule has 2 aromatic rings. The number of carbonyl (C=O) groups excluding carboxylic acids is 2. The summed E-state index contributed by atoms with van der Waals surface area (Å²) in [4.78, 5) is 24.5. The van der Waals surface area contributed by atoms with Gasteiger partial charge in [-0.3, -0.25) is 9.59 Å².